The molecule has 26 heavy (non-hydrogen) atoms. The van der Waals surface area contributed by atoms with Gasteiger partial charge in [-0.2, -0.15) is 12.7 Å². The van der Waals surface area contributed by atoms with E-state index >= 15 is 0 Å². The second kappa shape index (κ2) is 6.84. The number of sulfonamides is 1. The summed E-state index contributed by atoms with van der Waals surface area (Å²) in [5.74, 6) is 0. The molecule has 1 aromatic rings. The topological polar surface area (TPSA) is 104 Å². The lowest BCUT2D eigenvalue weighted by Gasteiger charge is -2.32. The molecule has 0 spiro atoms. The monoisotopic (exact) mass is 404 g/mol. The summed E-state index contributed by atoms with van der Waals surface area (Å²) in [6.45, 7) is 2.69. The lowest BCUT2D eigenvalue weighted by molar-refractivity contribution is 0.0890. The van der Waals surface area contributed by atoms with Crippen molar-refractivity contribution in [3.63, 3.8) is 0 Å². The van der Waals surface area contributed by atoms with Crippen LogP contribution in [-0.4, -0.2) is 81.8 Å². The fourth-order valence-electron chi connectivity index (χ4n) is 3.87. The molecule has 0 aromatic heterocycles. The first-order valence-corrected chi connectivity index (χ1v) is 11.6. The summed E-state index contributed by atoms with van der Waals surface area (Å²) in [6.07, 6.45) is -0.136. The summed E-state index contributed by atoms with van der Waals surface area (Å²) >= 11 is 0. The number of hydrogen-bond acceptors (Lipinski definition) is 7. The Bertz CT molecular complexity index is 869. The van der Waals surface area contributed by atoms with Crippen LogP contribution in [0, 0.1) is 6.92 Å². The van der Waals surface area contributed by atoms with E-state index in [1.54, 1.807) is 12.1 Å². The largest absolute Gasteiger partial charge is 0.391 e. The van der Waals surface area contributed by atoms with Crippen LogP contribution in [-0.2, 0) is 24.3 Å². The molecule has 0 bridgehead atoms. The molecule has 2 fully saturated rings. The smallest absolute Gasteiger partial charge is 0.264 e. The molecule has 4 atom stereocenters. The Morgan fingerprint density at radius 3 is 2.38 bits per heavy atom. The van der Waals surface area contributed by atoms with Crippen molar-refractivity contribution in [2.24, 2.45) is 0 Å². The molecule has 2 heterocycles. The van der Waals surface area contributed by atoms with Crippen LogP contribution in [0.4, 0.5) is 0 Å². The summed E-state index contributed by atoms with van der Waals surface area (Å²) in [7, 11) is -6.23. The van der Waals surface area contributed by atoms with Gasteiger partial charge in [-0.3, -0.25) is 9.08 Å². The predicted molar refractivity (Wildman–Crippen MR) is 95.6 cm³/mol. The Labute approximate surface area is 154 Å². The number of hydrogen-bond donors (Lipinski definition) is 1. The third-order valence-corrected chi connectivity index (χ3v) is 7.56. The molecule has 146 valence electrons. The Kier molecular flexibility index (Phi) is 5.19. The molecule has 4 unspecified atom stereocenters. The molecular formula is C16H24N2O6S2. The summed E-state index contributed by atoms with van der Waals surface area (Å²) in [5, 5.41) is 10.3. The quantitative estimate of drug-likeness (QED) is 0.677. The second-order valence-electron chi connectivity index (χ2n) is 7.01. The van der Waals surface area contributed by atoms with E-state index in [0.29, 0.717) is 13.0 Å². The van der Waals surface area contributed by atoms with E-state index in [0.717, 1.165) is 16.1 Å². The SMILES string of the molecule is Cc1ccc(S(=O)(=O)N(C)C2C(OS(C)(=O)=O)CN3CCC(O)C23)cc1. The molecular weight excluding hydrogens is 380 g/mol. The van der Waals surface area contributed by atoms with Gasteiger partial charge in [0.1, 0.15) is 6.10 Å². The van der Waals surface area contributed by atoms with Crippen LogP contribution in [0.5, 0.6) is 0 Å². The Hall–Kier alpha value is -1.04. The number of rotatable bonds is 5. The van der Waals surface area contributed by atoms with Gasteiger partial charge in [0.15, 0.2) is 0 Å². The third-order valence-electron chi connectivity index (χ3n) is 5.09. The molecule has 2 saturated heterocycles. The van der Waals surface area contributed by atoms with Crippen molar-refractivity contribution in [2.75, 3.05) is 26.4 Å². The maximum Gasteiger partial charge on any atom is 0.264 e. The van der Waals surface area contributed by atoms with Gasteiger partial charge in [0, 0.05) is 20.1 Å². The van der Waals surface area contributed by atoms with Gasteiger partial charge < -0.3 is 5.11 Å². The van der Waals surface area contributed by atoms with Gasteiger partial charge in [-0.05, 0) is 25.5 Å². The van der Waals surface area contributed by atoms with E-state index in [-0.39, 0.29) is 11.4 Å². The van der Waals surface area contributed by atoms with Crippen LogP contribution in [0.2, 0.25) is 0 Å². The van der Waals surface area contributed by atoms with Crippen molar-refractivity contribution in [3.8, 4) is 0 Å². The van der Waals surface area contributed by atoms with Gasteiger partial charge in [-0.15, -0.1) is 0 Å². The first-order chi connectivity index (χ1) is 12.0. The molecule has 1 aromatic carbocycles. The number of benzene rings is 1. The van der Waals surface area contributed by atoms with Crippen molar-refractivity contribution < 1.29 is 26.1 Å². The maximum atomic E-state index is 13.1. The number of fused-ring (bicyclic) bond motifs is 1. The number of likely N-dealkylation sites (N-methyl/N-ethyl adjacent to an activating group) is 1. The minimum atomic E-state index is -3.87. The van der Waals surface area contributed by atoms with Crippen LogP contribution in [0.1, 0.15) is 12.0 Å². The zero-order chi connectivity index (χ0) is 19.3. The molecule has 1 N–H and O–H groups in total. The van der Waals surface area contributed by atoms with Gasteiger partial charge in [0.25, 0.3) is 10.1 Å². The lowest BCUT2D eigenvalue weighted by Crippen LogP contribution is -2.52. The van der Waals surface area contributed by atoms with Crippen molar-refractivity contribution in [1.82, 2.24) is 9.21 Å². The maximum absolute atomic E-state index is 13.1. The van der Waals surface area contributed by atoms with Gasteiger partial charge in [0.05, 0.1) is 29.3 Å². The summed E-state index contributed by atoms with van der Waals surface area (Å²) in [5.41, 5.74) is 0.933. The minimum absolute atomic E-state index is 0.120. The average molecular weight is 405 g/mol. The highest BCUT2D eigenvalue weighted by Crippen LogP contribution is 2.35. The van der Waals surface area contributed by atoms with Gasteiger partial charge in [0.2, 0.25) is 10.0 Å². The number of aryl methyl sites for hydroxylation is 1. The van der Waals surface area contributed by atoms with Crippen molar-refractivity contribution >= 4 is 20.1 Å². The van der Waals surface area contributed by atoms with Crippen molar-refractivity contribution in [2.45, 2.75) is 42.5 Å². The first-order valence-electron chi connectivity index (χ1n) is 8.36. The highest BCUT2D eigenvalue weighted by atomic mass is 32.2. The van der Waals surface area contributed by atoms with Gasteiger partial charge in [-0.1, -0.05) is 17.7 Å². The molecule has 8 nitrogen and oxygen atoms in total. The highest BCUT2D eigenvalue weighted by Gasteiger charge is 2.54. The van der Waals surface area contributed by atoms with Gasteiger partial charge in [-0.25, -0.2) is 8.42 Å². The van der Waals surface area contributed by atoms with E-state index in [1.165, 1.54) is 19.2 Å². The third kappa shape index (κ3) is 3.67. The van der Waals surface area contributed by atoms with Crippen LogP contribution >= 0.6 is 0 Å². The highest BCUT2D eigenvalue weighted by molar-refractivity contribution is 7.89. The van der Waals surface area contributed by atoms with E-state index < -0.39 is 44.4 Å². The van der Waals surface area contributed by atoms with E-state index in [4.69, 9.17) is 4.18 Å². The van der Waals surface area contributed by atoms with E-state index in [2.05, 4.69) is 0 Å². The van der Waals surface area contributed by atoms with Crippen molar-refractivity contribution in [3.05, 3.63) is 29.8 Å². The van der Waals surface area contributed by atoms with E-state index in [1.807, 2.05) is 11.8 Å². The second-order valence-corrected chi connectivity index (χ2v) is 10.6. The fourth-order valence-corrected chi connectivity index (χ4v) is 5.89. The van der Waals surface area contributed by atoms with Gasteiger partial charge >= 0.3 is 0 Å². The summed E-state index contributed by atoms with van der Waals surface area (Å²) < 4.78 is 55.7. The number of nitrogens with zero attached hydrogens (tertiary/aromatic N) is 2. The normalized spacial score (nSPS) is 30.0. The van der Waals surface area contributed by atoms with Crippen LogP contribution in [0.3, 0.4) is 0 Å². The fraction of sp³-hybridized carbons (Fsp3) is 0.625. The molecule has 0 aliphatic carbocycles. The standard InChI is InChI=1S/C16H24N2O6S2/c1-11-4-6-12(7-5-11)26(22,23)17(2)16-14(24-25(3,20)21)10-18-9-8-13(19)15(16)18/h4-7,13-16,19H,8-10H2,1-3H3. The Morgan fingerprint density at radius 1 is 1.19 bits per heavy atom. The van der Waals surface area contributed by atoms with Crippen LogP contribution in [0.15, 0.2) is 29.2 Å². The summed E-state index contributed by atoms with van der Waals surface area (Å²) in [6, 6.07) is 5.16. The van der Waals surface area contributed by atoms with Crippen LogP contribution in [0.25, 0.3) is 0 Å². The Balaban J connectivity index is 1.97. The molecule has 3 rings (SSSR count). The molecule has 0 amide bonds. The Morgan fingerprint density at radius 2 is 1.81 bits per heavy atom. The van der Waals surface area contributed by atoms with Crippen molar-refractivity contribution in [1.29, 1.82) is 0 Å². The predicted octanol–water partition coefficient (Wildman–Crippen LogP) is -0.222. The zero-order valence-corrected chi connectivity index (χ0v) is 16.6. The number of aliphatic hydroxyl groups is 1. The first kappa shape index (κ1) is 19.7. The molecule has 2 aliphatic rings. The zero-order valence-electron chi connectivity index (χ0n) is 14.9. The summed E-state index contributed by atoms with van der Waals surface area (Å²) in [4.78, 5) is 2.02. The van der Waals surface area contributed by atoms with Crippen LogP contribution < -0.4 is 0 Å². The molecule has 0 saturated carbocycles. The molecule has 10 heteroatoms. The number of aliphatic hydroxyl groups excluding tert-OH is 1. The molecule has 0 radical (unpaired) electrons. The molecule has 2 aliphatic heterocycles. The lowest BCUT2D eigenvalue weighted by atomic mass is 10.0. The van der Waals surface area contributed by atoms with E-state index in [9.17, 15) is 21.9 Å². The minimum Gasteiger partial charge on any atom is -0.391 e. The average Bonchev–Trinajstić information content (AvgIpc) is 3.05.